The molecule has 1 aromatic heterocycles. The number of furan rings is 1. The molecule has 0 spiro atoms. The maximum atomic E-state index is 6.12. The number of fused-ring (bicyclic) bond motifs is 1. The molecule has 0 aliphatic carbocycles. The van der Waals surface area contributed by atoms with Gasteiger partial charge in [-0.3, -0.25) is 0 Å². The summed E-state index contributed by atoms with van der Waals surface area (Å²) < 4.78 is 5.78. The third kappa shape index (κ3) is 2.82. The smallest absolute Gasteiger partial charge is 0.153 e. The van der Waals surface area contributed by atoms with Crippen LogP contribution in [0.25, 0.3) is 11.0 Å². The van der Waals surface area contributed by atoms with Crippen molar-refractivity contribution in [3.8, 4) is 0 Å². The zero-order chi connectivity index (χ0) is 12.6. The molecule has 0 saturated carbocycles. The molecule has 2 nitrogen and oxygen atoms in total. The van der Waals surface area contributed by atoms with Crippen molar-refractivity contribution in [1.82, 2.24) is 5.32 Å². The summed E-state index contributed by atoms with van der Waals surface area (Å²) in [5, 5.41) is 5.18. The number of rotatable bonds is 2. The topological polar surface area (TPSA) is 25.2 Å². The predicted octanol–water partition coefficient (Wildman–Crippen LogP) is 4.28. The van der Waals surface area contributed by atoms with Crippen molar-refractivity contribution in [2.45, 2.75) is 39.8 Å². The lowest BCUT2D eigenvalue weighted by Crippen LogP contribution is -2.34. The van der Waals surface area contributed by atoms with Gasteiger partial charge in [0.05, 0.1) is 11.6 Å². The lowest BCUT2D eigenvalue weighted by atomic mass is 10.1. The molecular formula is C14H18ClNO. The fourth-order valence-corrected chi connectivity index (χ4v) is 1.92. The van der Waals surface area contributed by atoms with Crippen LogP contribution in [-0.2, 0) is 6.54 Å². The first-order valence-electron chi connectivity index (χ1n) is 5.79. The Morgan fingerprint density at radius 3 is 2.59 bits per heavy atom. The highest BCUT2D eigenvalue weighted by atomic mass is 35.5. The minimum atomic E-state index is 0.0812. The van der Waals surface area contributed by atoms with E-state index in [0.29, 0.717) is 11.6 Å². The summed E-state index contributed by atoms with van der Waals surface area (Å²) in [6.45, 7) is 9.18. The predicted molar refractivity (Wildman–Crippen MR) is 72.6 cm³/mol. The third-order valence-corrected chi connectivity index (χ3v) is 3.00. The van der Waals surface area contributed by atoms with Gasteiger partial charge in [-0.1, -0.05) is 17.7 Å². The van der Waals surface area contributed by atoms with Crippen molar-refractivity contribution in [2.75, 3.05) is 0 Å². The van der Waals surface area contributed by atoms with E-state index in [9.17, 15) is 0 Å². The minimum absolute atomic E-state index is 0.0812. The van der Waals surface area contributed by atoms with Gasteiger partial charge in [0, 0.05) is 10.9 Å². The largest absolute Gasteiger partial charge is 0.458 e. The van der Waals surface area contributed by atoms with E-state index in [0.717, 1.165) is 16.7 Å². The van der Waals surface area contributed by atoms with Gasteiger partial charge in [-0.2, -0.15) is 0 Å². The summed E-state index contributed by atoms with van der Waals surface area (Å²) in [5.74, 6) is 0.922. The van der Waals surface area contributed by atoms with E-state index in [1.807, 2.05) is 12.1 Å². The zero-order valence-corrected chi connectivity index (χ0v) is 11.5. The van der Waals surface area contributed by atoms with Crippen LogP contribution in [0.3, 0.4) is 0 Å². The molecule has 0 atom stereocenters. The molecule has 2 rings (SSSR count). The van der Waals surface area contributed by atoms with Gasteiger partial charge in [0.15, 0.2) is 5.58 Å². The van der Waals surface area contributed by atoms with E-state index in [1.54, 1.807) is 0 Å². The first-order valence-corrected chi connectivity index (χ1v) is 6.17. The van der Waals surface area contributed by atoms with Gasteiger partial charge in [-0.25, -0.2) is 0 Å². The number of aryl methyl sites for hydroxylation is 1. The van der Waals surface area contributed by atoms with E-state index < -0.39 is 0 Å². The van der Waals surface area contributed by atoms with Crippen LogP contribution in [0.2, 0.25) is 5.02 Å². The fourth-order valence-electron chi connectivity index (χ4n) is 1.72. The van der Waals surface area contributed by atoms with Crippen LogP contribution < -0.4 is 5.32 Å². The van der Waals surface area contributed by atoms with Crippen LogP contribution >= 0.6 is 11.6 Å². The molecule has 0 aliphatic rings. The van der Waals surface area contributed by atoms with Crippen molar-refractivity contribution in [3.05, 3.63) is 34.5 Å². The Morgan fingerprint density at radius 2 is 2.00 bits per heavy atom. The zero-order valence-electron chi connectivity index (χ0n) is 10.7. The Balaban J connectivity index is 2.32. The van der Waals surface area contributed by atoms with E-state index in [1.165, 1.54) is 5.56 Å². The van der Waals surface area contributed by atoms with Crippen molar-refractivity contribution in [1.29, 1.82) is 0 Å². The van der Waals surface area contributed by atoms with Crippen molar-refractivity contribution in [2.24, 2.45) is 0 Å². The third-order valence-electron chi connectivity index (χ3n) is 2.70. The summed E-state index contributed by atoms with van der Waals surface area (Å²) in [7, 11) is 0. The molecule has 17 heavy (non-hydrogen) atoms. The van der Waals surface area contributed by atoms with Crippen molar-refractivity contribution >= 4 is 22.6 Å². The van der Waals surface area contributed by atoms with Crippen molar-refractivity contribution < 1.29 is 4.42 Å². The molecule has 0 bridgehead atoms. The number of halogens is 1. The molecule has 0 amide bonds. The van der Waals surface area contributed by atoms with Crippen LogP contribution in [0.15, 0.2) is 22.6 Å². The molecule has 3 heteroatoms. The standard InChI is InChI=1S/C14H18ClNO/c1-9-5-6-12(15)13-11(9)7-10(17-13)8-16-14(2,3)4/h5-7,16H,8H2,1-4H3. The van der Waals surface area contributed by atoms with Crippen LogP contribution in [0.4, 0.5) is 0 Å². The lowest BCUT2D eigenvalue weighted by molar-refractivity contribution is 0.395. The average Bonchev–Trinajstić information content (AvgIpc) is 2.65. The van der Waals surface area contributed by atoms with Gasteiger partial charge >= 0.3 is 0 Å². The maximum absolute atomic E-state index is 6.12. The maximum Gasteiger partial charge on any atom is 0.153 e. The molecule has 0 radical (unpaired) electrons. The Morgan fingerprint density at radius 1 is 1.29 bits per heavy atom. The van der Waals surface area contributed by atoms with E-state index in [2.05, 4.69) is 39.1 Å². The number of hydrogen-bond acceptors (Lipinski definition) is 2. The summed E-state index contributed by atoms with van der Waals surface area (Å²) in [5.41, 5.74) is 2.06. The summed E-state index contributed by atoms with van der Waals surface area (Å²) in [6.07, 6.45) is 0. The first-order chi connectivity index (χ1) is 7.87. The van der Waals surface area contributed by atoms with Crippen LogP contribution in [0.1, 0.15) is 32.1 Å². The van der Waals surface area contributed by atoms with Crippen molar-refractivity contribution in [3.63, 3.8) is 0 Å². The summed E-state index contributed by atoms with van der Waals surface area (Å²) in [4.78, 5) is 0. The van der Waals surface area contributed by atoms with Crippen LogP contribution in [0.5, 0.6) is 0 Å². The van der Waals surface area contributed by atoms with E-state index >= 15 is 0 Å². The quantitative estimate of drug-likeness (QED) is 0.862. The molecular weight excluding hydrogens is 234 g/mol. The molecule has 0 aliphatic heterocycles. The molecule has 1 aromatic carbocycles. The second-order valence-corrected chi connectivity index (χ2v) is 5.83. The van der Waals surface area contributed by atoms with Gasteiger partial charge in [-0.05, 0) is 45.4 Å². The summed E-state index contributed by atoms with van der Waals surface area (Å²) in [6, 6.07) is 5.96. The molecule has 0 saturated heterocycles. The molecule has 1 heterocycles. The Kier molecular flexibility index (Phi) is 3.19. The molecule has 0 unspecified atom stereocenters. The number of nitrogens with one attached hydrogen (secondary N) is 1. The second kappa shape index (κ2) is 4.35. The summed E-state index contributed by atoms with van der Waals surface area (Å²) >= 11 is 6.12. The lowest BCUT2D eigenvalue weighted by Gasteiger charge is -2.19. The minimum Gasteiger partial charge on any atom is -0.458 e. The van der Waals surface area contributed by atoms with Gasteiger partial charge in [0.1, 0.15) is 5.76 Å². The first kappa shape index (κ1) is 12.5. The highest BCUT2D eigenvalue weighted by Gasteiger charge is 2.12. The molecule has 0 fully saturated rings. The van der Waals surface area contributed by atoms with Gasteiger partial charge < -0.3 is 9.73 Å². The second-order valence-electron chi connectivity index (χ2n) is 5.42. The fraction of sp³-hybridized carbons (Fsp3) is 0.429. The van der Waals surface area contributed by atoms with Crippen LogP contribution in [-0.4, -0.2) is 5.54 Å². The van der Waals surface area contributed by atoms with E-state index in [-0.39, 0.29) is 5.54 Å². The SMILES string of the molecule is Cc1ccc(Cl)c2oc(CNC(C)(C)C)cc12. The average molecular weight is 252 g/mol. The Hall–Kier alpha value is -0.990. The highest BCUT2D eigenvalue weighted by Crippen LogP contribution is 2.29. The Labute approximate surface area is 107 Å². The monoisotopic (exact) mass is 251 g/mol. The normalized spacial score (nSPS) is 12.3. The molecule has 2 aromatic rings. The molecule has 1 N–H and O–H groups in total. The number of hydrogen-bond donors (Lipinski definition) is 1. The Bertz CT molecular complexity index is 498. The van der Waals surface area contributed by atoms with Gasteiger partial charge in [-0.15, -0.1) is 0 Å². The van der Waals surface area contributed by atoms with E-state index in [4.69, 9.17) is 16.0 Å². The van der Waals surface area contributed by atoms with Crippen LogP contribution in [0, 0.1) is 6.92 Å². The molecule has 92 valence electrons. The van der Waals surface area contributed by atoms with Gasteiger partial charge in [0.2, 0.25) is 0 Å². The number of benzene rings is 1. The highest BCUT2D eigenvalue weighted by molar-refractivity contribution is 6.34. The van der Waals surface area contributed by atoms with Gasteiger partial charge in [0.25, 0.3) is 0 Å².